The number of carbonyl (C=O) groups is 1. The van der Waals surface area contributed by atoms with E-state index >= 15 is 0 Å². The highest BCUT2D eigenvalue weighted by molar-refractivity contribution is 6.06. The first kappa shape index (κ1) is 23.2. The fraction of sp³-hybridized carbons (Fsp3) is 0.364. The van der Waals surface area contributed by atoms with Gasteiger partial charge in [0.1, 0.15) is 5.84 Å². The van der Waals surface area contributed by atoms with Crippen molar-refractivity contribution in [2.24, 2.45) is 5.10 Å². The number of carbonyl (C=O) groups excluding carboxylic acids is 1. The molecule has 170 valence electrons. The van der Waals surface area contributed by atoms with Gasteiger partial charge >= 0.3 is 6.18 Å². The van der Waals surface area contributed by atoms with Crippen molar-refractivity contribution in [3.8, 4) is 0 Å². The highest BCUT2D eigenvalue weighted by atomic mass is 19.4. The van der Waals surface area contributed by atoms with E-state index in [1.807, 2.05) is 32.1 Å². The molecule has 0 saturated carbocycles. The molecule has 32 heavy (non-hydrogen) atoms. The first-order valence-electron chi connectivity index (χ1n) is 10.1. The first-order valence-corrected chi connectivity index (χ1v) is 10.1. The number of amides is 1. The molecule has 0 radical (unpaired) electrons. The Balaban J connectivity index is 1.72. The van der Waals surface area contributed by atoms with E-state index in [1.54, 1.807) is 18.2 Å². The summed E-state index contributed by atoms with van der Waals surface area (Å²) in [6.45, 7) is 4.10. The van der Waals surface area contributed by atoms with Crippen LogP contribution in [0.3, 0.4) is 0 Å². The van der Waals surface area contributed by atoms with Crippen molar-refractivity contribution < 1.29 is 18.0 Å². The number of nitrogens with one attached hydrogen (secondary N) is 3. The molecule has 2 aliphatic heterocycles. The summed E-state index contributed by atoms with van der Waals surface area (Å²) < 4.78 is 38.4. The van der Waals surface area contributed by atoms with Crippen LogP contribution in [0.25, 0.3) is 0 Å². The van der Waals surface area contributed by atoms with Gasteiger partial charge in [0.05, 0.1) is 18.8 Å². The minimum absolute atomic E-state index is 0.00605. The third-order valence-corrected chi connectivity index (χ3v) is 5.29. The number of alkyl halides is 3. The maximum Gasteiger partial charge on any atom is 0.449 e. The zero-order valence-corrected chi connectivity index (χ0v) is 17.9. The summed E-state index contributed by atoms with van der Waals surface area (Å²) in [4.78, 5) is 14.9. The number of amidine groups is 2. The molecule has 2 aliphatic rings. The number of hydrogen-bond acceptors (Lipinski definition) is 5. The van der Waals surface area contributed by atoms with E-state index in [4.69, 9.17) is 10.8 Å². The number of piperazine rings is 1. The second kappa shape index (κ2) is 9.37. The molecule has 1 aromatic rings. The molecule has 7 nitrogen and oxygen atoms in total. The maximum absolute atomic E-state index is 13.0. The molecule has 1 fully saturated rings. The van der Waals surface area contributed by atoms with Gasteiger partial charge in [0.2, 0.25) is 5.84 Å². The Morgan fingerprint density at radius 1 is 1.31 bits per heavy atom. The summed E-state index contributed by atoms with van der Waals surface area (Å²) in [5.74, 6) is -2.38. The summed E-state index contributed by atoms with van der Waals surface area (Å²) in [5.41, 5.74) is 7.36. The van der Waals surface area contributed by atoms with Gasteiger partial charge in [-0.3, -0.25) is 15.6 Å². The van der Waals surface area contributed by atoms with Gasteiger partial charge in [0.15, 0.2) is 0 Å². The summed E-state index contributed by atoms with van der Waals surface area (Å²) >= 11 is 0. The Hall–Kier alpha value is -3.43. The van der Waals surface area contributed by atoms with Gasteiger partial charge in [-0.25, -0.2) is 0 Å². The summed E-state index contributed by atoms with van der Waals surface area (Å²) in [6.07, 6.45) is -0.361. The predicted molar refractivity (Wildman–Crippen MR) is 117 cm³/mol. The summed E-state index contributed by atoms with van der Waals surface area (Å²) in [7, 11) is 0. The maximum atomic E-state index is 13.0. The lowest BCUT2D eigenvalue weighted by molar-refractivity contribution is -0.0675. The molecule has 1 saturated heterocycles. The van der Waals surface area contributed by atoms with Gasteiger partial charge in [-0.1, -0.05) is 24.3 Å². The second-order valence-electron chi connectivity index (χ2n) is 7.64. The van der Waals surface area contributed by atoms with Crippen LogP contribution in [0.1, 0.15) is 29.8 Å². The van der Waals surface area contributed by atoms with E-state index in [1.165, 1.54) is 10.5 Å². The molecule has 0 unspecified atom stereocenters. The molecular formula is C22H25F3N6O. The molecule has 3 rings (SSSR count). The van der Waals surface area contributed by atoms with E-state index in [0.29, 0.717) is 23.4 Å². The Morgan fingerprint density at radius 3 is 2.72 bits per heavy atom. The van der Waals surface area contributed by atoms with Crippen LogP contribution >= 0.6 is 0 Å². The standard InChI is InChI=1S/C22H25F3N6O/c1-3-5-17-14(2)12-28-29-18(17)11-15-6-4-7-16(10-15)20(32)30-8-9-31(19(26)13-30)21(27)22(23,24)25/h3-7,10,26-28H,8-9,11-13H2,1-2H3/b5-3-,26-19?,27-21?. The van der Waals surface area contributed by atoms with E-state index < -0.39 is 17.8 Å². The number of benzene rings is 1. The molecule has 0 bridgehead atoms. The van der Waals surface area contributed by atoms with Gasteiger partial charge in [-0.2, -0.15) is 18.3 Å². The van der Waals surface area contributed by atoms with Crippen molar-refractivity contribution in [2.45, 2.75) is 26.4 Å². The van der Waals surface area contributed by atoms with Gasteiger partial charge in [-0.05, 0) is 42.7 Å². The van der Waals surface area contributed by atoms with Crippen LogP contribution in [0.5, 0.6) is 0 Å². The van der Waals surface area contributed by atoms with Crippen molar-refractivity contribution in [2.75, 3.05) is 26.2 Å². The fourth-order valence-electron chi connectivity index (χ4n) is 3.66. The largest absolute Gasteiger partial charge is 0.449 e. The zero-order valence-electron chi connectivity index (χ0n) is 17.9. The van der Waals surface area contributed by atoms with Crippen molar-refractivity contribution in [1.29, 1.82) is 10.8 Å². The van der Waals surface area contributed by atoms with E-state index in [9.17, 15) is 18.0 Å². The van der Waals surface area contributed by atoms with Crippen molar-refractivity contribution in [3.05, 3.63) is 58.7 Å². The number of allylic oxidation sites excluding steroid dienone is 3. The number of hydrazone groups is 1. The normalized spacial score (nSPS) is 17.5. The Morgan fingerprint density at radius 2 is 2.06 bits per heavy atom. The zero-order chi connectivity index (χ0) is 23.5. The molecule has 1 aromatic carbocycles. The lowest BCUT2D eigenvalue weighted by atomic mass is 9.96. The molecule has 10 heteroatoms. The average molecular weight is 446 g/mol. The van der Waals surface area contributed by atoms with E-state index in [-0.39, 0.29) is 25.5 Å². The molecule has 3 N–H and O–H groups in total. The summed E-state index contributed by atoms with van der Waals surface area (Å²) in [5, 5.41) is 19.5. The Bertz CT molecular complexity index is 1020. The van der Waals surface area contributed by atoms with Gasteiger partial charge in [-0.15, -0.1) is 0 Å². The monoisotopic (exact) mass is 446 g/mol. The lowest BCUT2D eigenvalue weighted by Gasteiger charge is -2.36. The molecule has 0 spiro atoms. The fourth-order valence-corrected chi connectivity index (χ4v) is 3.66. The van der Waals surface area contributed by atoms with Crippen LogP contribution in [0.15, 0.2) is 52.7 Å². The second-order valence-corrected chi connectivity index (χ2v) is 7.64. The van der Waals surface area contributed by atoms with Gasteiger partial charge < -0.3 is 15.2 Å². The molecule has 2 heterocycles. The number of rotatable bonds is 4. The van der Waals surface area contributed by atoms with E-state index in [0.717, 1.165) is 16.8 Å². The van der Waals surface area contributed by atoms with Crippen LogP contribution < -0.4 is 5.43 Å². The Labute approximate surface area is 184 Å². The highest BCUT2D eigenvalue weighted by Crippen LogP contribution is 2.22. The van der Waals surface area contributed by atoms with Crippen molar-refractivity contribution in [3.63, 3.8) is 0 Å². The highest BCUT2D eigenvalue weighted by Gasteiger charge is 2.41. The van der Waals surface area contributed by atoms with E-state index in [2.05, 4.69) is 10.5 Å². The quantitative estimate of drug-likeness (QED) is 0.489. The third-order valence-electron chi connectivity index (χ3n) is 5.29. The molecule has 0 aromatic heterocycles. The Kier molecular flexibility index (Phi) is 6.81. The van der Waals surface area contributed by atoms with Crippen LogP contribution in [-0.2, 0) is 6.42 Å². The van der Waals surface area contributed by atoms with Crippen LogP contribution in [0.4, 0.5) is 13.2 Å². The smallest absolute Gasteiger partial charge is 0.329 e. The van der Waals surface area contributed by atoms with Crippen molar-refractivity contribution >= 4 is 23.3 Å². The lowest BCUT2D eigenvalue weighted by Crippen LogP contribution is -2.56. The SMILES string of the molecule is C/C=C\C1=C(C)CNN=C1Cc1cccc(C(=O)N2CCN(C(=N)C(F)(F)F)C(=N)C2)c1. The number of nitrogens with zero attached hydrogens (tertiary/aromatic N) is 3. The minimum Gasteiger partial charge on any atom is -0.329 e. The number of halogens is 3. The van der Waals surface area contributed by atoms with Crippen molar-refractivity contribution in [1.82, 2.24) is 15.2 Å². The predicted octanol–water partition coefficient (Wildman–Crippen LogP) is 3.36. The van der Waals surface area contributed by atoms with Crippen LogP contribution in [0, 0.1) is 10.8 Å². The molecule has 0 atom stereocenters. The number of hydrogen-bond donors (Lipinski definition) is 3. The minimum atomic E-state index is -4.83. The molecule has 1 amide bonds. The van der Waals surface area contributed by atoms with Crippen LogP contribution in [0.2, 0.25) is 0 Å². The van der Waals surface area contributed by atoms with Crippen LogP contribution in [-0.4, -0.2) is 65.4 Å². The first-order chi connectivity index (χ1) is 15.1. The average Bonchev–Trinajstić information content (AvgIpc) is 2.74. The van der Waals surface area contributed by atoms with Gasteiger partial charge in [0.25, 0.3) is 5.91 Å². The molecule has 0 aliphatic carbocycles. The molecular weight excluding hydrogens is 421 g/mol. The van der Waals surface area contributed by atoms with Gasteiger partial charge in [0, 0.05) is 25.1 Å². The third kappa shape index (κ3) is 5.06. The topological polar surface area (TPSA) is 95.6 Å². The summed E-state index contributed by atoms with van der Waals surface area (Å²) in [6, 6.07) is 7.04.